The molecule has 39 heavy (non-hydrogen) atoms. The van der Waals surface area contributed by atoms with Gasteiger partial charge in [0.15, 0.2) is 11.6 Å². The van der Waals surface area contributed by atoms with E-state index in [9.17, 15) is 23.1 Å². The maximum atomic E-state index is 14.4. The van der Waals surface area contributed by atoms with E-state index in [0.717, 1.165) is 23.0 Å². The minimum atomic E-state index is -1.52. The van der Waals surface area contributed by atoms with E-state index in [1.54, 1.807) is 18.2 Å². The molecule has 3 aromatic heterocycles. The topological polar surface area (TPSA) is 149 Å². The molecule has 5 rings (SSSR count). The molecule has 5 aromatic rings. The normalized spacial score (nSPS) is 11.2. The first-order chi connectivity index (χ1) is 18.6. The molecule has 0 fully saturated rings. The van der Waals surface area contributed by atoms with Gasteiger partial charge in [0.1, 0.15) is 28.7 Å². The molecule has 14 heteroatoms. The molecule has 0 saturated carbocycles. The van der Waals surface area contributed by atoms with Crippen molar-refractivity contribution in [3.05, 3.63) is 94.0 Å². The highest BCUT2D eigenvalue weighted by atomic mass is 35.5. The van der Waals surface area contributed by atoms with Crippen molar-refractivity contribution in [3.8, 4) is 5.95 Å². The lowest BCUT2D eigenvalue weighted by Crippen LogP contribution is -2.31. The maximum absolute atomic E-state index is 14.4. The van der Waals surface area contributed by atoms with Crippen molar-refractivity contribution in [3.63, 3.8) is 0 Å². The zero-order valence-corrected chi connectivity index (χ0v) is 20.6. The second kappa shape index (κ2) is 10.1. The number of hydrogen-bond donors (Lipinski definition) is 3. The third kappa shape index (κ3) is 4.86. The quantitative estimate of drug-likeness (QED) is 0.273. The Labute approximate surface area is 223 Å². The van der Waals surface area contributed by atoms with E-state index in [2.05, 4.69) is 20.1 Å². The first kappa shape index (κ1) is 25.7. The molecule has 10 nitrogen and oxygen atoms in total. The number of nitrogens with zero attached hydrogens (tertiary/aromatic N) is 6. The summed E-state index contributed by atoms with van der Waals surface area (Å²) in [6.45, 7) is -0.537. The molecule has 0 unspecified atom stereocenters. The standard InChI is InChI=1S/C25H18ClF3N8O2/c26-15-5-3-7-17(29)14(15)11-36(25(38)39)21-22(30)33-24(34-23(21)31)37-19-9-13(27)10-32-20(19)18(35-37)8-12-4-1-2-6-16(12)28/h1-7,9-10H,8,11H2,(H,38,39)(H4,30,31,33,34). The molecule has 2 aromatic carbocycles. The summed E-state index contributed by atoms with van der Waals surface area (Å²) in [7, 11) is 0. The molecule has 0 radical (unpaired) electrons. The van der Waals surface area contributed by atoms with Gasteiger partial charge in [0.25, 0.3) is 5.95 Å². The van der Waals surface area contributed by atoms with Crippen molar-refractivity contribution in [2.75, 3.05) is 16.4 Å². The molecular formula is C25H18ClF3N8O2. The largest absolute Gasteiger partial charge is 0.465 e. The summed E-state index contributed by atoms with van der Waals surface area (Å²) in [4.78, 5) is 25.1. The summed E-state index contributed by atoms with van der Waals surface area (Å²) in [5, 5.41) is 14.2. The number of nitrogens with two attached hydrogens (primary N) is 2. The summed E-state index contributed by atoms with van der Waals surface area (Å²) >= 11 is 6.06. The summed E-state index contributed by atoms with van der Waals surface area (Å²) in [6, 6.07) is 11.1. The molecule has 3 heterocycles. The van der Waals surface area contributed by atoms with Gasteiger partial charge in [0.2, 0.25) is 0 Å². The lowest BCUT2D eigenvalue weighted by molar-refractivity contribution is 0.201. The number of carbonyl (C=O) groups is 1. The molecule has 0 aliphatic rings. The summed E-state index contributed by atoms with van der Waals surface area (Å²) in [5.74, 6) is -2.85. The Morgan fingerprint density at radius 3 is 2.38 bits per heavy atom. The van der Waals surface area contributed by atoms with Crippen LogP contribution in [0.15, 0.2) is 54.7 Å². The van der Waals surface area contributed by atoms with Crippen molar-refractivity contribution < 1.29 is 23.1 Å². The summed E-state index contributed by atoms with van der Waals surface area (Å²) in [5.41, 5.74) is 12.8. The van der Waals surface area contributed by atoms with Gasteiger partial charge in [0, 0.05) is 23.1 Å². The number of nitrogen functional groups attached to an aromatic ring is 2. The van der Waals surface area contributed by atoms with Crippen LogP contribution in [0.1, 0.15) is 16.8 Å². The van der Waals surface area contributed by atoms with Crippen molar-refractivity contribution in [2.24, 2.45) is 0 Å². The Morgan fingerprint density at radius 2 is 1.72 bits per heavy atom. The predicted octanol–water partition coefficient (Wildman–Crippen LogP) is 4.72. The van der Waals surface area contributed by atoms with E-state index in [1.807, 2.05) is 0 Å². The second-order valence-corrected chi connectivity index (χ2v) is 8.77. The molecule has 0 bridgehead atoms. The number of amides is 1. The Morgan fingerprint density at radius 1 is 1.03 bits per heavy atom. The van der Waals surface area contributed by atoms with Crippen LogP contribution in [0.5, 0.6) is 0 Å². The third-order valence-electron chi connectivity index (χ3n) is 5.87. The highest BCUT2D eigenvalue weighted by molar-refractivity contribution is 6.31. The third-order valence-corrected chi connectivity index (χ3v) is 6.22. The minimum Gasteiger partial charge on any atom is -0.465 e. The Bertz CT molecular complexity index is 1700. The van der Waals surface area contributed by atoms with Crippen LogP contribution in [-0.4, -0.2) is 35.9 Å². The zero-order chi connectivity index (χ0) is 27.8. The Balaban J connectivity index is 1.60. The van der Waals surface area contributed by atoms with Crippen LogP contribution in [0.4, 0.5) is 35.3 Å². The van der Waals surface area contributed by atoms with Gasteiger partial charge in [-0.05, 0) is 23.8 Å². The molecule has 198 valence electrons. The number of benzene rings is 2. The van der Waals surface area contributed by atoms with E-state index < -0.39 is 30.1 Å². The number of carboxylic acid groups (broad SMARTS) is 1. The van der Waals surface area contributed by atoms with Gasteiger partial charge in [0.05, 0.1) is 24.0 Å². The number of rotatable bonds is 6. The van der Waals surface area contributed by atoms with Crippen molar-refractivity contribution >= 4 is 46.1 Å². The molecule has 5 N–H and O–H groups in total. The molecule has 0 saturated heterocycles. The number of hydrogen-bond acceptors (Lipinski definition) is 7. The smallest absolute Gasteiger partial charge is 0.412 e. The van der Waals surface area contributed by atoms with Crippen LogP contribution in [-0.2, 0) is 13.0 Å². The molecule has 0 aliphatic heterocycles. The number of anilines is 3. The van der Waals surface area contributed by atoms with Crippen molar-refractivity contribution in [1.29, 1.82) is 0 Å². The molecular weight excluding hydrogens is 537 g/mol. The first-order valence-electron chi connectivity index (χ1n) is 11.3. The minimum absolute atomic E-state index is 0.00384. The Hall–Kier alpha value is -4.91. The number of fused-ring (bicyclic) bond motifs is 1. The van der Waals surface area contributed by atoms with E-state index in [-0.39, 0.29) is 51.3 Å². The number of aromatic nitrogens is 5. The zero-order valence-electron chi connectivity index (χ0n) is 19.8. The fraction of sp³-hybridized carbons (Fsp3) is 0.0800. The summed E-state index contributed by atoms with van der Waals surface area (Å²) < 4.78 is 44.0. The lowest BCUT2D eigenvalue weighted by atomic mass is 10.1. The number of halogens is 4. The average molecular weight is 555 g/mol. The monoisotopic (exact) mass is 554 g/mol. The van der Waals surface area contributed by atoms with Crippen LogP contribution in [0.2, 0.25) is 5.02 Å². The maximum Gasteiger partial charge on any atom is 0.412 e. The SMILES string of the molecule is Nc1nc(-n2nc(Cc3ccccc3F)c3ncc(F)cc32)nc(N)c1N(Cc1c(F)cccc1Cl)C(=O)O. The first-order valence-corrected chi connectivity index (χ1v) is 11.6. The van der Waals surface area contributed by atoms with Gasteiger partial charge in [-0.25, -0.2) is 22.9 Å². The van der Waals surface area contributed by atoms with Gasteiger partial charge in [-0.1, -0.05) is 35.9 Å². The molecule has 0 spiro atoms. The average Bonchev–Trinajstić information content (AvgIpc) is 3.23. The lowest BCUT2D eigenvalue weighted by Gasteiger charge is -2.22. The summed E-state index contributed by atoms with van der Waals surface area (Å²) in [6.07, 6.45) is -0.509. The Kier molecular flexibility index (Phi) is 6.66. The highest BCUT2D eigenvalue weighted by Gasteiger charge is 2.26. The van der Waals surface area contributed by atoms with Gasteiger partial charge >= 0.3 is 6.09 Å². The van der Waals surface area contributed by atoms with E-state index in [0.29, 0.717) is 16.2 Å². The number of pyridine rings is 1. The second-order valence-electron chi connectivity index (χ2n) is 8.36. The van der Waals surface area contributed by atoms with Crippen LogP contribution in [0, 0.1) is 17.5 Å². The highest BCUT2D eigenvalue weighted by Crippen LogP contribution is 2.33. The fourth-order valence-electron chi connectivity index (χ4n) is 4.06. The van der Waals surface area contributed by atoms with Crippen molar-refractivity contribution in [2.45, 2.75) is 13.0 Å². The van der Waals surface area contributed by atoms with Crippen molar-refractivity contribution in [1.82, 2.24) is 24.7 Å². The van der Waals surface area contributed by atoms with Gasteiger partial charge in [-0.2, -0.15) is 19.7 Å². The van der Waals surface area contributed by atoms with E-state index in [1.165, 1.54) is 18.2 Å². The van der Waals surface area contributed by atoms with Crippen LogP contribution in [0.3, 0.4) is 0 Å². The van der Waals surface area contributed by atoms with Crippen LogP contribution >= 0.6 is 11.6 Å². The predicted molar refractivity (Wildman–Crippen MR) is 138 cm³/mol. The molecule has 0 aliphatic carbocycles. The fourth-order valence-corrected chi connectivity index (χ4v) is 4.28. The van der Waals surface area contributed by atoms with Gasteiger partial charge in [-0.15, -0.1) is 0 Å². The van der Waals surface area contributed by atoms with Gasteiger partial charge < -0.3 is 16.6 Å². The van der Waals surface area contributed by atoms with Crippen LogP contribution in [0.25, 0.3) is 17.0 Å². The van der Waals surface area contributed by atoms with E-state index >= 15 is 0 Å². The van der Waals surface area contributed by atoms with Crippen LogP contribution < -0.4 is 16.4 Å². The molecule has 0 atom stereocenters. The van der Waals surface area contributed by atoms with Gasteiger partial charge in [-0.3, -0.25) is 4.90 Å². The molecule has 1 amide bonds. The van der Waals surface area contributed by atoms with E-state index in [4.69, 9.17) is 23.1 Å².